The molecule has 0 fully saturated rings. The average molecular weight is 269 g/mol. The Hall–Kier alpha value is -2.89. The molecule has 0 saturated carbocycles. The van der Waals surface area contributed by atoms with Gasteiger partial charge in [-0.1, -0.05) is 12.1 Å². The van der Waals surface area contributed by atoms with Gasteiger partial charge in [-0.15, -0.1) is 4.85 Å². The maximum absolute atomic E-state index is 12.1. The first kappa shape index (κ1) is 12.2. The lowest BCUT2D eigenvalue weighted by atomic mass is 10.3. The number of benzene rings is 2. The highest BCUT2D eigenvalue weighted by Gasteiger charge is 2.15. The predicted molar refractivity (Wildman–Crippen MR) is 71.3 cm³/mol. The Bertz CT molecular complexity index is 778. The SMILES string of the molecule is CC(=O)Oc1ccc(-n2nc3ccccc3[n+]2[O-])cc1. The molecule has 0 aliphatic rings. The largest absolute Gasteiger partial charge is 0.692 e. The lowest BCUT2D eigenvalue weighted by molar-refractivity contribution is -0.664. The summed E-state index contributed by atoms with van der Waals surface area (Å²) >= 11 is 0. The second kappa shape index (κ2) is 4.65. The smallest absolute Gasteiger partial charge is 0.308 e. The van der Waals surface area contributed by atoms with E-state index in [2.05, 4.69) is 5.10 Å². The van der Waals surface area contributed by atoms with Gasteiger partial charge in [0, 0.05) is 6.92 Å². The van der Waals surface area contributed by atoms with Gasteiger partial charge in [-0.3, -0.25) is 4.79 Å². The van der Waals surface area contributed by atoms with Crippen molar-refractivity contribution in [3.05, 3.63) is 53.7 Å². The Kier molecular flexibility index (Phi) is 2.83. The monoisotopic (exact) mass is 269 g/mol. The quantitative estimate of drug-likeness (QED) is 0.306. The van der Waals surface area contributed by atoms with Crippen molar-refractivity contribution in [1.82, 2.24) is 9.90 Å². The van der Waals surface area contributed by atoms with E-state index in [9.17, 15) is 10.0 Å². The second-order valence-corrected chi connectivity index (χ2v) is 4.24. The summed E-state index contributed by atoms with van der Waals surface area (Å²) in [4.78, 5) is 12.8. The molecule has 3 aromatic rings. The van der Waals surface area contributed by atoms with Crippen LogP contribution in [0.2, 0.25) is 0 Å². The molecule has 0 aliphatic heterocycles. The molecule has 0 radical (unpaired) electrons. The minimum atomic E-state index is -0.388. The zero-order valence-electron chi connectivity index (χ0n) is 10.7. The van der Waals surface area contributed by atoms with Crippen molar-refractivity contribution in [3.8, 4) is 11.4 Å². The van der Waals surface area contributed by atoms with E-state index in [4.69, 9.17) is 4.74 Å². The number of carbonyl (C=O) groups excluding carboxylic acids is 1. The Morgan fingerprint density at radius 1 is 1.20 bits per heavy atom. The average Bonchev–Trinajstić information content (AvgIpc) is 2.77. The minimum absolute atomic E-state index is 0.388. The van der Waals surface area contributed by atoms with Crippen LogP contribution in [0.5, 0.6) is 5.75 Å². The minimum Gasteiger partial charge on any atom is -0.692 e. The van der Waals surface area contributed by atoms with Crippen LogP contribution in [0, 0.1) is 5.21 Å². The molecule has 6 nitrogen and oxygen atoms in total. The third-order valence-electron chi connectivity index (χ3n) is 2.79. The van der Waals surface area contributed by atoms with Crippen molar-refractivity contribution in [2.75, 3.05) is 0 Å². The first-order valence-corrected chi connectivity index (χ1v) is 6.01. The Balaban J connectivity index is 2.02. The first-order chi connectivity index (χ1) is 9.65. The zero-order chi connectivity index (χ0) is 14.1. The van der Waals surface area contributed by atoms with E-state index in [-0.39, 0.29) is 5.97 Å². The van der Waals surface area contributed by atoms with Crippen LogP contribution in [-0.2, 0) is 4.79 Å². The summed E-state index contributed by atoms with van der Waals surface area (Å²) < 4.78 is 4.94. The molecule has 0 amide bonds. The van der Waals surface area contributed by atoms with E-state index < -0.39 is 0 Å². The Morgan fingerprint density at radius 3 is 2.55 bits per heavy atom. The molecule has 0 N–H and O–H groups in total. The summed E-state index contributed by atoms with van der Waals surface area (Å²) in [5, 5.41) is 16.4. The van der Waals surface area contributed by atoms with E-state index in [1.54, 1.807) is 42.5 Å². The van der Waals surface area contributed by atoms with Crippen LogP contribution in [-0.4, -0.2) is 15.9 Å². The number of carbonyl (C=O) groups is 1. The van der Waals surface area contributed by atoms with Crippen LogP contribution < -0.4 is 9.58 Å². The first-order valence-electron chi connectivity index (χ1n) is 6.01. The number of rotatable bonds is 2. The van der Waals surface area contributed by atoms with E-state index in [0.29, 0.717) is 22.5 Å². The standard InChI is InChI=1S/C14H11N3O3/c1-10(18)20-12-8-6-11(7-9-12)16-15-13-4-2-3-5-14(13)17(16)19/h2-9H,1H3. The highest BCUT2D eigenvalue weighted by molar-refractivity contribution is 5.70. The third kappa shape index (κ3) is 2.07. The molecule has 0 unspecified atom stereocenters. The molecule has 0 spiro atoms. The molecule has 1 aromatic heterocycles. The van der Waals surface area contributed by atoms with Gasteiger partial charge in [0.1, 0.15) is 11.4 Å². The zero-order valence-corrected chi connectivity index (χ0v) is 10.7. The third-order valence-corrected chi connectivity index (χ3v) is 2.79. The van der Waals surface area contributed by atoms with Gasteiger partial charge in [0.25, 0.3) is 0 Å². The topological polar surface area (TPSA) is 71.1 Å². The van der Waals surface area contributed by atoms with E-state index >= 15 is 0 Å². The number of hydrogen-bond acceptors (Lipinski definition) is 4. The summed E-state index contributed by atoms with van der Waals surface area (Å²) in [6.07, 6.45) is 0. The van der Waals surface area contributed by atoms with Gasteiger partial charge in [0.2, 0.25) is 11.0 Å². The summed E-state index contributed by atoms with van der Waals surface area (Å²) in [6, 6.07) is 13.6. The van der Waals surface area contributed by atoms with Crippen LogP contribution in [0.3, 0.4) is 0 Å². The molecule has 20 heavy (non-hydrogen) atoms. The van der Waals surface area contributed by atoms with Crippen LogP contribution in [0.1, 0.15) is 6.92 Å². The molecule has 3 rings (SSSR count). The molecular weight excluding hydrogens is 258 g/mol. The normalized spacial score (nSPS) is 10.7. The van der Waals surface area contributed by atoms with Gasteiger partial charge in [0.05, 0.1) is 5.10 Å². The summed E-state index contributed by atoms with van der Waals surface area (Å²) in [6.45, 7) is 1.33. The number of hydrogen-bond donors (Lipinski definition) is 0. The summed E-state index contributed by atoms with van der Waals surface area (Å²) in [7, 11) is 0. The molecule has 2 aromatic carbocycles. The molecule has 1 heterocycles. The number of nitrogens with zero attached hydrogens (tertiary/aromatic N) is 3. The fraction of sp³-hybridized carbons (Fsp3) is 0.0714. The molecular formula is C14H11N3O3. The van der Waals surface area contributed by atoms with Crippen molar-refractivity contribution >= 4 is 17.0 Å². The number of para-hydroxylation sites is 1. The summed E-state index contributed by atoms with van der Waals surface area (Å²) in [5.74, 6) is 0.0388. The van der Waals surface area contributed by atoms with E-state index in [1.165, 1.54) is 11.7 Å². The number of aromatic nitrogens is 3. The van der Waals surface area contributed by atoms with E-state index in [1.807, 2.05) is 6.07 Å². The molecule has 0 aliphatic carbocycles. The summed E-state index contributed by atoms with van der Waals surface area (Å²) in [5.41, 5.74) is 1.70. The number of fused-ring (bicyclic) bond motifs is 1. The predicted octanol–water partition coefficient (Wildman–Crippen LogP) is 1.58. The van der Waals surface area contributed by atoms with Crippen LogP contribution in [0.15, 0.2) is 48.5 Å². The highest BCUT2D eigenvalue weighted by Crippen LogP contribution is 2.15. The Morgan fingerprint density at radius 2 is 1.90 bits per heavy atom. The van der Waals surface area contributed by atoms with Gasteiger partial charge in [-0.25, -0.2) is 0 Å². The van der Waals surface area contributed by atoms with Crippen LogP contribution in [0.25, 0.3) is 16.7 Å². The molecule has 100 valence electrons. The maximum Gasteiger partial charge on any atom is 0.308 e. The van der Waals surface area contributed by atoms with Gasteiger partial charge in [-0.2, -0.15) is 0 Å². The van der Waals surface area contributed by atoms with Crippen molar-refractivity contribution in [1.29, 1.82) is 0 Å². The molecule has 0 saturated heterocycles. The lowest BCUT2D eigenvalue weighted by Gasteiger charge is -2.05. The van der Waals surface area contributed by atoms with Crippen molar-refractivity contribution in [3.63, 3.8) is 0 Å². The van der Waals surface area contributed by atoms with Crippen molar-refractivity contribution in [2.24, 2.45) is 0 Å². The van der Waals surface area contributed by atoms with Crippen molar-refractivity contribution < 1.29 is 14.4 Å². The Labute approximate surface area is 114 Å². The van der Waals surface area contributed by atoms with Gasteiger partial charge in [0.15, 0.2) is 0 Å². The van der Waals surface area contributed by atoms with Crippen LogP contribution >= 0.6 is 0 Å². The molecule has 6 heteroatoms. The molecule has 0 atom stereocenters. The van der Waals surface area contributed by atoms with E-state index in [0.717, 1.165) is 4.85 Å². The fourth-order valence-electron chi connectivity index (χ4n) is 1.93. The van der Waals surface area contributed by atoms with Crippen molar-refractivity contribution in [2.45, 2.75) is 6.92 Å². The van der Waals surface area contributed by atoms with Gasteiger partial charge in [-0.05, 0) is 41.2 Å². The molecule has 0 bridgehead atoms. The second-order valence-electron chi connectivity index (χ2n) is 4.24. The number of esters is 1. The highest BCUT2D eigenvalue weighted by atomic mass is 16.5. The van der Waals surface area contributed by atoms with Crippen LogP contribution in [0.4, 0.5) is 0 Å². The maximum atomic E-state index is 12.1. The number of ether oxygens (including phenoxy) is 1. The van der Waals surface area contributed by atoms with Gasteiger partial charge >= 0.3 is 5.97 Å². The van der Waals surface area contributed by atoms with Gasteiger partial charge < -0.3 is 9.94 Å². The fourth-order valence-corrected chi connectivity index (χ4v) is 1.93. The lowest BCUT2D eigenvalue weighted by Crippen LogP contribution is -2.37.